The molecule has 4 rings (SSSR count). The largest absolute Gasteiger partial charge is 0.471 e. The molecule has 13 heteroatoms. The van der Waals surface area contributed by atoms with Crippen LogP contribution in [0.3, 0.4) is 0 Å². The van der Waals surface area contributed by atoms with Crippen molar-refractivity contribution in [1.29, 1.82) is 0 Å². The Labute approximate surface area is 207 Å². The molecule has 2 aromatic heterocycles. The molecular formula is C23H23ClF5N5O2. The maximum absolute atomic E-state index is 13.4. The normalized spacial score (nSPS) is 18.4. The van der Waals surface area contributed by atoms with Gasteiger partial charge in [-0.2, -0.15) is 23.1 Å². The second-order valence-corrected chi connectivity index (χ2v) is 9.12. The summed E-state index contributed by atoms with van der Waals surface area (Å²) < 4.78 is 71.0. The number of benzene rings is 1. The van der Waals surface area contributed by atoms with E-state index < -0.39 is 36.4 Å². The zero-order chi connectivity index (χ0) is 26.0. The quantitative estimate of drug-likeness (QED) is 0.310. The number of pyridine rings is 1. The molecule has 0 unspecified atom stereocenters. The fourth-order valence-corrected chi connectivity index (χ4v) is 4.29. The monoisotopic (exact) mass is 531 g/mol. The summed E-state index contributed by atoms with van der Waals surface area (Å²) in [6.45, 7) is 1.14. The van der Waals surface area contributed by atoms with Crippen molar-refractivity contribution >= 4 is 40.3 Å². The highest BCUT2D eigenvalue weighted by atomic mass is 35.5. The fourth-order valence-electron chi connectivity index (χ4n) is 4.07. The summed E-state index contributed by atoms with van der Waals surface area (Å²) in [7, 11) is 0. The van der Waals surface area contributed by atoms with Gasteiger partial charge in [0.25, 0.3) is 12.3 Å². The Bertz CT molecular complexity index is 1240. The first kappa shape index (κ1) is 25.9. The van der Waals surface area contributed by atoms with Crippen LogP contribution in [0.4, 0.5) is 33.6 Å². The van der Waals surface area contributed by atoms with Gasteiger partial charge in [0.05, 0.1) is 21.8 Å². The Balaban J connectivity index is 1.66. The van der Waals surface area contributed by atoms with E-state index in [0.717, 1.165) is 31.7 Å². The Morgan fingerprint density at radius 2 is 1.94 bits per heavy atom. The predicted molar refractivity (Wildman–Crippen MR) is 124 cm³/mol. The number of hydrogen-bond acceptors (Lipinski definition) is 5. The first-order valence-electron chi connectivity index (χ1n) is 11.3. The summed E-state index contributed by atoms with van der Waals surface area (Å²) in [6.07, 6.45) is -4.02. The van der Waals surface area contributed by atoms with Crippen molar-refractivity contribution in [2.45, 2.75) is 51.3 Å². The summed E-state index contributed by atoms with van der Waals surface area (Å²) in [6, 6.07) is 4.55. The molecule has 0 aliphatic heterocycles. The van der Waals surface area contributed by atoms with E-state index in [2.05, 4.69) is 32.5 Å². The zero-order valence-electron chi connectivity index (χ0n) is 19.1. The molecule has 1 aromatic carbocycles. The average molecular weight is 532 g/mol. The Morgan fingerprint density at radius 1 is 1.22 bits per heavy atom. The molecule has 194 valence electrons. The van der Waals surface area contributed by atoms with Crippen molar-refractivity contribution < 1.29 is 31.5 Å². The molecule has 1 aliphatic carbocycles. The SMILES string of the molecule is CC1CCC(NC(=O)c2cc3[nH]c(Nc4c(Cl)cccc4C(F)(F)F)nc3nc2OCC(F)F)CC1. The zero-order valence-corrected chi connectivity index (χ0v) is 19.8. The molecular weight excluding hydrogens is 509 g/mol. The van der Waals surface area contributed by atoms with Crippen LogP contribution < -0.4 is 15.4 Å². The maximum atomic E-state index is 13.4. The van der Waals surface area contributed by atoms with E-state index in [-0.39, 0.29) is 39.6 Å². The molecule has 3 aromatic rings. The molecule has 36 heavy (non-hydrogen) atoms. The number of aromatic nitrogens is 3. The number of nitrogens with zero attached hydrogens (tertiary/aromatic N) is 2. The summed E-state index contributed by atoms with van der Waals surface area (Å²) in [5, 5.41) is 5.20. The van der Waals surface area contributed by atoms with E-state index in [9.17, 15) is 26.7 Å². The molecule has 7 nitrogen and oxygen atoms in total. The van der Waals surface area contributed by atoms with Crippen LogP contribution in [0.1, 0.15) is 48.5 Å². The number of aromatic amines is 1. The minimum Gasteiger partial charge on any atom is -0.471 e. The highest BCUT2D eigenvalue weighted by molar-refractivity contribution is 6.33. The predicted octanol–water partition coefficient (Wildman–Crippen LogP) is 6.33. The number of para-hydroxylation sites is 1. The second-order valence-electron chi connectivity index (χ2n) is 8.72. The number of fused-ring (bicyclic) bond motifs is 1. The van der Waals surface area contributed by atoms with E-state index in [1.165, 1.54) is 18.2 Å². The number of carbonyl (C=O) groups excluding carboxylic acids is 1. The third-order valence-electron chi connectivity index (χ3n) is 5.94. The topological polar surface area (TPSA) is 91.9 Å². The van der Waals surface area contributed by atoms with Gasteiger partial charge in [0, 0.05) is 6.04 Å². The summed E-state index contributed by atoms with van der Waals surface area (Å²) >= 11 is 5.98. The first-order valence-corrected chi connectivity index (χ1v) is 11.6. The molecule has 0 saturated heterocycles. The molecule has 1 amide bonds. The molecule has 0 radical (unpaired) electrons. The van der Waals surface area contributed by atoms with Crippen LogP contribution in [-0.4, -0.2) is 39.9 Å². The molecule has 1 aliphatic rings. The number of anilines is 2. The Hall–Kier alpha value is -3.15. The highest BCUT2D eigenvalue weighted by Gasteiger charge is 2.34. The van der Waals surface area contributed by atoms with Gasteiger partial charge in [0.15, 0.2) is 12.3 Å². The van der Waals surface area contributed by atoms with Crippen LogP contribution in [0, 0.1) is 5.92 Å². The third kappa shape index (κ3) is 5.97. The number of nitrogens with one attached hydrogen (secondary N) is 3. The van der Waals surface area contributed by atoms with Crippen LogP contribution >= 0.6 is 11.6 Å². The van der Waals surface area contributed by atoms with Gasteiger partial charge >= 0.3 is 6.18 Å². The number of rotatable bonds is 7. The molecule has 0 bridgehead atoms. The van der Waals surface area contributed by atoms with E-state index >= 15 is 0 Å². The van der Waals surface area contributed by atoms with Crippen molar-refractivity contribution in [2.75, 3.05) is 11.9 Å². The number of ether oxygens (including phenoxy) is 1. The summed E-state index contributed by atoms with van der Waals surface area (Å²) in [4.78, 5) is 23.9. The van der Waals surface area contributed by atoms with E-state index in [1.807, 2.05) is 0 Å². The number of H-pyrrole nitrogens is 1. The van der Waals surface area contributed by atoms with E-state index in [0.29, 0.717) is 5.92 Å². The van der Waals surface area contributed by atoms with Crippen molar-refractivity contribution in [3.63, 3.8) is 0 Å². The molecule has 2 heterocycles. The lowest BCUT2D eigenvalue weighted by atomic mass is 9.87. The van der Waals surface area contributed by atoms with Gasteiger partial charge in [-0.15, -0.1) is 0 Å². The van der Waals surface area contributed by atoms with Gasteiger partial charge in [-0.05, 0) is 49.8 Å². The van der Waals surface area contributed by atoms with Crippen molar-refractivity contribution in [3.05, 3.63) is 40.4 Å². The van der Waals surface area contributed by atoms with Gasteiger partial charge in [0.2, 0.25) is 11.8 Å². The van der Waals surface area contributed by atoms with Gasteiger partial charge in [-0.3, -0.25) is 4.79 Å². The highest BCUT2D eigenvalue weighted by Crippen LogP contribution is 2.39. The molecule has 3 N–H and O–H groups in total. The molecule has 0 atom stereocenters. The van der Waals surface area contributed by atoms with Gasteiger partial charge in [-0.25, -0.2) is 8.78 Å². The Morgan fingerprint density at radius 3 is 2.61 bits per heavy atom. The molecule has 1 saturated carbocycles. The second kappa shape index (κ2) is 10.5. The number of hydrogen-bond donors (Lipinski definition) is 3. The third-order valence-corrected chi connectivity index (χ3v) is 6.26. The number of alkyl halides is 5. The summed E-state index contributed by atoms with van der Waals surface area (Å²) in [5.41, 5.74) is -1.39. The van der Waals surface area contributed by atoms with Crippen molar-refractivity contribution in [2.24, 2.45) is 5.92 Å². The van der Waals surface area contributed by atoms with Crippen molar-refractivity contribution in [1.82, 2.24) is 20.3 Å². The molecule has 1 fully saturated rings. The maximum Gasteiger partial charge on any atom is 0.418 e. The van der Waals surface area contributed by atoms with Crippen LogP contribution in [-0.2, 0) is 6.18 Å². The lowest BCUT2D eigenvalue weighted by Gasteiger charge is -2.27. The number of amides is 1. The van der Waals surface area contributed by atoms with E-state index in [4.69, 9.17) is 16.3 Å². The van der Waals surface area contributed by atoms with Crippen LogP contribution in [0.15, 0.2) is 24.3 Å². The van der Waals surface area contributed by atoms with E-state index in [1.54, 1.807) is 0 Å². The number of halogens is 6. The Kier molecular flexibility index (Phi) is 7.53. The molecule has 0 spiro atoms. The minimum absolute atomic E-state index is 0.0505. The lowest BCUT2D eigenvalue weighted by molar-refractivity contribution is -0.136. The average Bonchev–Trinajstić information content (AvgIpc) is 3.20. The van der Waals surface area contributed by atoms with Crippen LogP contribution in [0.25, 0.3) is 11.2 Å². The van der Waals surface area contributed by atoms with Gasteiger partial charge < -0.3 is 20.4 Å². The summed E-state index contributed by atoms with van der Waals surface area (Å²) in [5.74, 6) is -0.484. The van der Waals surface area contributed by atoms with Gasteiger partial charge in [0.1, 0.15) is 5.56 Å². The fraction of sp³-hybridized carbons (Fsp3) is 0.435. The standard InChI is InChI=1S/C23H23ClF5N5O2/c1-11-5-7-12(8-6-11)30-20(35)13-9-16-19(33-21(13)36-10-17(25)26)34-22(31-16)32-18-14(23(27,28)29)3-2-4-15(18)24/h2-4,9,11-12,17H,5-8,10H2,1H3,(H,30,35)(H2,31,32,33,34). The first-order chi connectivity index (χ1) is 17.0. The number of carbonyl (C=O) groups is 1. The van der Waals surface area contributed by atoms with Crippen LogP contribution in [0.2, 0.25) is 5.02 Å². The lowest BCUT2D eigenvalue weighted by Crippen LogP contribution is -2.37. The minimum atomic E-state index is -4.68. The smallest absolute Gasteiger partial charge is 0.418 e. The number of imidazole rings is 1. The van der Waals surface area contributed by atoms with Crippen LogP contribution in [0.5, 0.6) is 5.88 Å². The van der Waals surface area contributed by atoms with Crippen molar-refractivity contribution in [3.8, 4) is 5.88 Å². The van der Waals surface area contributed by atoms with Gasteiger partial charge in [-0.1, -0.05) is 24.6 Å².